The minimum absolute atomic E-state index is 0.0454. The molecule has 0 amide bonds. The van der Waals surface area contributed by atoms with Gasteiger partial charge in [-0.3, -0.25) is 0 Å². The maximum Gasteiger partial charge on any atom is -0.00165 e. The molecule has 0 heterocycles. The fourth-order valence-electron chi connectivity index (χ4n) is 9.37. The van der Waals surface area contributed by atoms with Crippen molar-refractivity contribution in [2.24, 2.45) is 0 Å². The Kier molecular flexibility index (Phi) is 10.0. The molecular formula is C59H62. The van der Waals surface area contributed by atoms with Gasteiger partial charge in [-0.1, -0.05) is 211 Å². The van der Waals surface area contributed by atoms with E-state index in [-0.39, 0.29) is 21.7 Å². The maximum atomic E-state index is 2.56. The first kappa shape index (κ1) is 40.3. The molecule has 0 nitrogen and oxygen atoms in total. The summed E-state index contributed by atoms with van der Waals surface area (Å²) in [5.41, 5.74) is 18.3. The normalized spacial score (nSPS) is 13.9. The molecule has 6 aromatic carbocycles. The summed E-state index contributed by atoms with van der Waals surface area (Å²) in [7, 11) is 0. The van der Waals surface area contributed by atoms with Gasteiger partial charge in [0.15, 0.2) is 0 Å². The van der Waals surface area contributed by atoms with Gasteiger partial charge in [0.25, 0.3) is 0 Å². The Labute approximate surface area is 354 Å². The van der Waals surface area contributed by atoms with E-state index in [1.807, 2.05) is 0 Å². The molecule has 2 aliphatic rings. The predicted molar refractivity (Wildman–Crippen MR) is 255 cm³/mol. The maximum absolute atomic E-state index is 2.56. The van der Waals surface area contributed by atoms with Crippen LogP contribution >= 0.6 is 0 Å². The molecular weight excluding hydrogens is 709 g/mol. The van der Waals surface area contributed by atoms with Crippen LogP contribution in [-0.2, 0) is 21.7 Å². The second-order valence-corrected chi connectivity index (χ2v) is 21.0. The van der Waals surface area contributed by atoms with Crippen LogP contribution in [0.5, 0.6) is 0 Å². The van der Waals surface area contributed by atoms with E-state index >= 15 is 0 Å². The third kappa shape index (κ3) is 7.53. The summed E-state index contributed by atoms with van der Waals surface area (Å²) in [5.74, 6) is 0. The van der Waals surface area contributed by atoms with Gasteiger partial charge in [0.1, 0.15) is 0 Å². The van der Waals surface area contributed by atoms with Gasteiger partial charge in [0.2, 0.25) is 0 Å². The number of hydrogen-bond acceptors (Lipinski definition) is 0. The van der Waals surface area contributed by atoms with Crippen molar-refractivity contribution >= 4 is 17.2 Å². The van der Waals surface area contributed by atoms with Crippen molar-refractivity contribution < 1.29 is 0 Å². The Morgan fingerprint density at radius 3 is 1.49 bits per heavy atom. The highest BCUT2D eigenvalue weighted by molar-refractivity contribution is 5.94. The Morgan fingerprint density at radius 1 is 0.508 bits per heavy atom. The Balaban J connectivity index is 1.71. The van der Waals surface area contributed by atoms with Gasteiger partial charge < -0.3 is 0 Å². The second-order valence-electron chi connectivity index (χ2n) is 21.0. The summed E-state index contributed by atoms with van der Waals surface area (Å²) in [4.78, 5) is 0. The Bertz CT molecular complexity index is 2790. The van der Waals surface area contributed by atoms with Crippen molar-refractivity contribution in [1.29, 1.82) is 0 Å². The molecule has 0 unspecified atom stereocenters. The average molecular weight is 771 g/mol. The van der Waals surface area contributed by atoms with Crippen LogP contribution in [0.4, 0.5) is 0 Å². The molecule has 59 heavy (non-hydrogen) atoms. The Hall–Kier alpha value is -5.46. The fraction of sp³-hybridized carbons (Fsp3) is 0.288. The summed E-state index contributed by atoms with van der Waals surface area (Å²) < 4.78 is 0. The van der Waals surface area contributed by atoms with Gasteiger partial charge >= 0.3 is 0 Å². The average Bonchev–Trinajstić information content (AvgIpc) is 3.85. The first-order chi connectivity index (χ1) is 27.8. The van der Waals surface area contributed by atoms with E-state index in [2.05, 4.69) is 229 Å². The molecule has 0 bridgehead atoms. The van der Waals surface area contributed by atoms with Crippen molar-refractivity contribution in [1.82, 2.24) is 0 Å². The molecule has 0 aliphatic heterocycles. The number of fused-ring (bicyclic) bond motifs is 2. The Morgan fingerprint density at radius 2 is 1.03 bits per heavy atom. The van der Waals surface area contributed by atoms with E-state index in [0.717, 1.165) is 6.42 Å². The van der Waals surface area contributed by atoms with Crippen LogP contribution in [0.15, 0.2) is 140 Å². The molecule has 0 heteroatoms. The topological polar surface area (TPSA) is 0 Å². The van der Waals surface area contributed by atoms with Crippen LogP contribution in [-0.4, -0.2) is 0 Å². The highest BCUT2D eigenvalue weighted by Gasteiger charge is 2.31. The zero-order valence-electron chi connectivity index (χ0n) is 37.6. The molecule has 8 rings (SSSR count). The van der Waals surface area contributed by atoms with E-state index in [1.54, 1.807) is 0 Å². The van der Waals surface area contributed by atoms with Crippen LogP contribution in [0, 0.1) is 10.4 Å². The summed E-state index contributed by atoms with van der Waals surface area (Å²) in [6, 6.07) is 46.3. The molecule has 0 saturated carbocycles. The summed E-state index contributed by atoms with van der Waals surface area (Å²) in [6.07, 6.45) is 10.4. The van der Waals surface area contributed by atoms with Gasteiger partial charge in [-0.15, -0.1) is 0 Å². The number of benzene rings is 6. The largest absolute Gasteiger partial charge is 0.0801 e. The molecule has 0 spiro atoms. The lowest BCUT2D eigenvalue weighted by molar-refractivity contribution is 0.586. The lowest BCUT2D eigenvalue weighted by Crippen LogP contribution is -2.30. The molecule has 2 aliphatic carbocycles. The fourth-order valence-corrected chi connectivity index (χ4v) is 9.37. The minimum Gasteiger partial charge on any atom is -0.0801 e. The molecule has 0 atom stereocenters. The standard InChI is InChI=1S/C59H62/c1-56(2,3)44-31-27-41(28-32-44)50(42-29-33-45(34-30-42)57(4,5)6)54-53-47-37-49(58(7,8)9)46(38-21-15-13-16-22-38)35-43(47)36-48(53)51(39-25-19-20-26-39)52(55(54)59(10,11)12)40-23-17-14-18-24-40/h13-25,27-37H,26H2,1-12H3. The summed E-state index contributed by atoms with van der Waals surface area (Å²) in [5, 5.41) is 5.31. The van der Waals surface area contributed by atoms with Crippen molar-refractivity contribution in [3.05, 3.63) is 205 Å². The number of allylic oxidation sites excluding steroid dienone is 4. The lowest BCUT2D eigenvalue weighted by Gasteiger charge is -2.30. The zero-order valence-corrected chi connectivity index (χ0v) is 37.6. The first-order valence-corrected chi connectivity index (χ1v) is 21.7. The quantitative estimate of drug-likeness (QED) is 0.164. The van der Waals surface area contributed by atoms with Gasteiger partial charge in [-0.2, -0.15) is 0 Å². The molecule has 0 fully saturated rings. The van der Waals surface area contributed by atoms with Gasteiger partial charge in [0, 0.05) is 0 Å². The molecule has 0 aromatic heterocycles. The monoisotopic (exact) mass is 770 g/mol. The first-order valence-electron chi connectivity index (χ1n) is 21.7. The molecule has 0 radical (unpaired) electrons. The highest BCUT2D eigenvalue weighted by Crippen LogP contribution is 2.43. The molecule has 6 aromatic rings. The van der Waals surface area contributed by atoms with E-state index in [0.29, 0.717) is 0 Å². The van der Waals surface area contributed by atoms with E-state index < -0.39 is 0 Å². The van der Waals surface area contributed by atoms with Crippen molar-refractivity contribution in [3.63, 3.8) is 0 Å². The third-order valence-corrected chi connectivity index (χ3v) is 12.4. The van der Waals surface area contributed by atoms with Gasteiger partial charge in [-0.25, -0.2) is 0 Å². The van der Waals surface area contributed by atoms with Crippen molar-refractivity contribution in [2.45, 2.75) is 111 Å². The lowest BCUT2D eigenvalue weighted by atomic mass is 9.73. The molecule has 0 N–H and O–H groups in total. The third-order valence-electron chi connectivity index (χ3n) is 12.4. The van der Waals surface area contributed by atoms with Crippen LogP contribution in [0.1, 0.15) is 134 Å². The number of rotatable bonds is 5. The van der Waals surface area contributed by atoms with Crippen LogP contribution in [0.2, 0.25) is 0 Å². The van der Waals surface area contributed by atoms with E-state index in [4.69, 9.17) is 0 Å². The van der Waals surface area contributed by atoms with Crippen LogP contribution in [0.25, 0.3) is 39.5 Å². The van der Waals surface area contributed by atoms with E-state index in [9.17, 15) is 0 Å². The number of hydrogen-bond donors (Lipinski definition) is 0. The van der Waals surface area contributed by atoms with Crippen LogP contribution in [0.3, 0.4) is 0 Å². The van der Waals surface area contributed by atoms with Gasteiger partial charge in [-0.05, 0) is 145 Å². The smallest absolute Gasteiger partial charge is 0.00165 e. The van der Waals surface area contributed by atoms with Crippen molar-refractivity contribution in [2.75, 3.05) is 0 Å². The SMILES string of the molecule is CC(C)(C)c1ccc(C(c2ccc(C(C)(C)C)cc2)=c2c(C(C)(C)C)c(-c3ccccc3)c(C3=CC=CC3)c3c2=c2cc(C(C)(C)C)c(-c4ccccc4)cc2=C3)cc1. The van der Waals surface area contributed by atoms with E-state index in [1.165, 1.54) is 98.8 Å². The van der Waals surface area contributed by atoms with Crippen LogP contribution < -0.4 is 10.4 Å². The van der Waals surface area contributed by atoms with Crippen molar-refractivity contribution in [3.8, 4) is 22.3 Å². The highest BCUT2D eigenvalue weighted by atomic mass is 14.3. The van der Waals surface area contributed by atoms with Gasteiger partial charge in [0.05, 0.1) is 0 Å². The summed E-state index contributed by atoms with van der Waals surface area (Å²) >= 11 is 0. The predicted octanol–water partition coefficient (Wildman–Crippen LogP) is 14.2. The molecule has 0 saturated heterocycles. The summed E-state index contributed by atoms with van der Waals surface area (Å²) in [6.45, 7) is 28.2. The minimum atomic E-state index is -0.224. The second kappa shape index (κ2) is 14.7. The zero-order chi connectivity index (χ0) is 42.1. The molecule has 298 valence electrons.